The fourth-order valence-electron chi connectivity index (χ4n) is 1.12. The highest BCUT2D eigenvalue weighted by atomic mass is 15.0. The van der Waals surface area contributed by atoms with Crippen LogP contribution in [0.5, 0.6) is 0 Å². The molecule has 0 amide bonds. The maximum Gasteiger partial charge on any atom is 0.381 e. The van der Waals surface area contributed by atoms with Crippen LogP contribution in [0.1, 0.15) is 0 Å². The van der Waals surface area contributed by atoms with E-state index in [2.05, 4.69) is 5.97 Å². The molecule has 0 N–H and O–H groups in total. The Morgan fingerprint density at radius 2 is 1.83 bits per heavy atom. The number of benzene rings is 1. The van der Waals surface area contributed by atoms with Crippen LogP contribution in [-0.4, -0.2) is 25.8 Å². The Labute approximate surface area is 73.5 Å². The molecule has 60 valence electrons. The van der Waals surface area contributed by atoms with Gasteiger partial charge in [0.15, 0.2) is 0 Å². The maximum absolute atomic E-state index is 8.86. The molecule has 0 aliphatic carbocycles. The molecule has 0 aliphatic rings. The average Bonchev–Trinajstić information content (AvgIpc) is 2.07. The second-order valence-corrected chi connectivity index (χ2v) is 2.91. The van der Waals surface area contributed by atoms with E-state index >= 15 is 0 Å². The van der Waals surface area contributed by atoms with Gasteiger partial charge in [-0.1, -0.05) is 30.3 Å². The molecule has 0 saturated heterocycles. The van der Waals surface area contributed by atoms with Crippen LogP contribution in [0.25, 0.3) is 0 Å². The molecule has 2 nitrogen and oxygen atoms in total. The summed E-state index contributed by atoms with van der Waals surface area (Å²) in [6.45, 7) is -0.133. The number of rotatable bonds is 2. The highest BCUT2D eigenvalue weighted by Crippen LogP contribution is 1.89. The van der Waals surface area contributed by atoms with Gasteiger partial charge in [-0.3, -0.25) is 0 Å². The summed E-state index contributed by atoms with van der Waals surface area (Å²) in [5.41, 5.74) is 1.05. The van der Waals surface area contributed by atoms with Gasteiger partial charge in [-0.25, -0.2) is 5.26 Å². The number of hydrogen-bond acceptors (Lipinski definition) is 2. The van der Waals surface area contributed by atoms with Crippen molar-refractivity contribution in [3.8, 4) is 5.97 Å². The van der Waals surface area contributed by atoms with Gasteiger partial charge in [-0.15, -0.1) is 0 Å². The van der Waals surface area contributed by atoms with Gasteiger partial charge in [-0.2, -0.15) is 0 Å². The summed E-state index contributed by atoms with van der Waals surface area (Å²) in [6, 6.07) is 9.78. The molecule has 0 aromatic heterocycles. The third-order valence-electron chi connectivity index (χ3n) is 1.75. The first-order chi connectivity index (χ1) is 5.75. The summed E-state index contributed by atoms with van der Waals surface area (Å²) >= 11 is 0. The van der Waals surface area contributed by atoms with Gasteiger partial charge in [-0.05, 0) is 19.6 Å². The van der Waals surface area contributed by atoms with Gasteiger partial charge in [0.2, 0.25) is 0 Å². The summed E-state index contributed by atoms with van der Waals surface area (Å²) in [6.07, 6.45) is 0. The van der Waals surface area contributed by atoms with Crippen LogP contribution in [0.4, 0.5) is 0 Å². The first-order valence-electron chi connectivity index (χ1n) is 3.86. The van der Waals surface area contributed by atoms with Crippen LogP contribution in [0.2, 0.25) is 0 Å². The van der Waals surface area contributed by atoms with E-state index in [9.17, 15) is 0 Å². The summed E-state index contributed by atoms with van der Waals surface area (Å²) in [4.78, 5) is 1.90. The minimum absolute atomic E-state index is 0.133. The van der Waals surface area contributed by atoms with Crippen LogP contribution in [0.3, 0.4) is 0 Å². The first kappa shape index (κ1) is 8.83. The minimum atomic E-state index is -0.133. The molecule has 0 fully saturated rings. The molecule has 0 bridgehead atoms. The second kappa shape index (κ2) is 3.94. The Bertz CT molecular complexity index is 276. The number of nitriles is 1. The zero-order valence-corrected chi connectivity index (χ0v) is 7.36. The van der Waals surface area contributed by atoms with Crippen LogP contribution < -0.4 is 5.46 Å². The fourth-order valence-corrected chi connectivity index (χ4v) is 1.12. The summed E-state index contributed by atoms with van der Waals surface area (Å²) in [5.74, 6) is 2.24. The fraction of sp³-hybridized carbons (Fsp3) is 0.222. The van der Waals surface area contributed by atoms with Gasteiger partial charge < -0.3 is 4.81 Å². The molecule has 3 heteroatoms. The zero-order valence-electron chi connectivity index (χ0n) is 7.36. The largest absolute Gasteiger partial charge is 0.381 e. The molecule has 0 radical (unpaired) electrons. The highest BCUT2D eigenvalue weighted by Gasteiger charge is 2.18. The van der Waals surface area contributed by atoms with Crippen LogP contribution in [0.15, 0.2) is 30.3 Å². The SMILES string of the molecule is CN(C)B(C#N)c1ccccc1. The quantitative estimate of drug-likeness (QED) is 0.586. The lowest BCUT2D eigenvalue weighted by Gasteiger charge is -2.12. The normalized spacial score (nSPS) is 9.50. The number of hydrogen-bond donors (Lipinski definition) is 0. The van der Waals surface area contributed by atoms with Crippen LogP contribution in [0, 0.1) is 11.2 Å². The zero-order chi connectivity index (χ0) is 8.97. The Balaban J connectivity index is 2.90. The Morgan fingerprint density at radius 1 is 1.25 bits per heavy atom. The average molecular weight is 158 g/mol. The van der Waals surface area contributed by atoms with E-state index in [4.69, 9.17) is 5.26 Å². The molecule has 0 heterocycles. The van der Waals surface area contributed by atoms with Gasteiger partial charge >= 0.3 is 6.85 Å². The van der Waals surface area contributed by atoms with E-state index in [1.165, 1.54) is 0 Å². The molecule has 1 aromatic rings. The molecule has 0 unspecified atom stereocenters. The molecule has 1 rings (SSSR count). The Kier molecular flexibility index (Phi) is 2.90. The van der Waals surface area contributed by atoms with Crippen molar-refractivity contribution >= 4 is 12.3 Å². The minimum Gasteiger partial charge on any atom is -0.331 e. The molecular formula is C9H11BN2. The van der Waals surface area contributed by atoms with E-state index in [1.807, 2.05) is 49.2 Å². The van der Waals surface area contributed by atoms with Crippen molar-refractivity contribution < 1.29 is 0 Å². The van der Waals surface area contributed by atoms with Crippen molar-refractivity contribution in [2.24, 2.45) is 0 Å². The van der Waals surface area contributed by atoms with Gasteiger partial charge in [0.25, 0.3) is 0 Å². The predicted octanol–water partition coefficient (Wildman–Crippen LogP) is 0.509. The van der Waals surface area contributed by atoms with E-state index < -0.39 is 0 Å². The van der Waals surface area contributed by atoms with Crippen LogP contribution >= 0.6 is 0 Å². The van der Waals surface area contributed by atoms with Crippen molar-refractivity contribution in [2.45, 2.75) is 0 Å². The number of nitrogens with zero attached hydrogens (tertiary/aromatic N) is 2. The summed E-state index contributed by atoms with van der Waals surface area (Å²) in [5, 5.41) is 8.86. The second-order valence-electron chi connectivity index (χ2n) is 2.91. The standard InChI is InChI=1S/C9H11BN2/c1-12(2)10(8-11)9-6-4-3-5-7-9/h3-7H,1-2H3. The summed E-state index contributed by atoms with van der Waals surface area (Å²) < 4.78 is 0. The van der Waals surface area contributed by atoms with Crippen molar-refractivity contribution in [1.82, 2.24) is 4.81 Å². The lowest BCUT2D eigenvalue weighted by Crippen LogP contribution is -2.42. The smallest absolute Gasteiger partial charge is 0.331 e. The molecule has 0 atom stereocenters. The highest BCUT2D eigenvalue weighted by molar-refractivity contribution is 6.77. The van der Waals surface area contributed by atoms with Crippen molar-refractivity contribution in [1.29, 1.82) is 5.26 Å². The third-order valence-corrected chi connectivity index (χ3v) is 1.75. The van der Waals surface area contributed by atoms with Crippen molar-refractivity contribution in [3.05, 3.63) is 30.3 Å². The van der Waals surface area contributed by atoms with Gasteiger partial charge in [0.05, 0.1) is 0 Å². The Hall–Kier alpha value is -1.27. The lowest BCUT2D eigenvalue weighted by atomic mass is 9.56. The molecule has 1 aromatic carbocycles. The third kappa shape index (κ3) is 1.87. The van der Waals surface area contributed by atoms with E-state index in [0.29, 0.717) is 0 Å². The van der Waals surface area contributed by atoms with E-state index in [0.717, 1.165) is 5.46 Å². The molecule has 0 saturated carbocycles. The van der Waals surface area contributed by atoms with Gasteiger partial charge in [0, 0.05) is 5.97 Å². The topological polar surface area (TPSA) is 27.0 Å². The molecule has 12 heavy (non-hydrogen) atoms. The predicted molar refractivity (Wildman–Crippen MR) is 51.1 cm³/mol. The maximum atomic E-state index is 8.86. The molecule has 0 aliphatic heterocycles. The monoisotopic (exact) mass is 158 g/mol. The lowest BCUT2D eigenvalue weighted by molar-refractivity contribution is 0.658. The van der Waals surface area contributed by atoms with Crippen LogP contribution in [-0.2, 0) is 0 Å². The van der Waals surface area contributed by atoms with E-state index in [1.54, 1.807) is 0 Å². The first-order valence-corrected chi connectivity index (χ1v) is 3.86. The van der Waals surface area contributed by atoms with Crippen molar-refractivity contribution in [2.75, 3.05) is 14.1 Å². The van der Waals surface area contributed by atoms with E-state index in [-0.39, 0.29) is 6.85 Å². The summed E-state index contributed by atoms with van der Waals surface area (Å²) in [7, 11) is 3.81. The van der Waals surface area contributed by atoms with Crippen molar-refractivity contribution in [3.63, 3.8) is 0 Å². The molecular weight excluding hydrogens is 147 g/mol. The van der Waals surface area contributed by atoms with Gasteiger partial charge in [0.1, 0.15) is 0 Å². The Morgan fingerprint density at radius 3 is 2.25 bits per heavy atom. The molecule has 0 spiro atoms.